The van der Waals surface area contributed by atoms with Gasteiger partial charge in [-0.25, -0.2) is 4.99 Å². The number of hydrogen-bond acceptors (Lipinski definition) is 6. The molecule has 228 valence electrons. The maximum Gasteiger partial charge on any atom is 0.252 e. The fourth-order valence-corrected chi connectivity index (χ4v) is 6.16. The van der Waals surface area contributed by atoms with Gasteiger partial charge in [-0.3, -0.25) is 4.79 Å². The van der Waals surface area contributed by atoms with Crippen LogP contribution in [0.15, 0.2) is 113 Å². The van der Waals surface area contributed by atoms with Gasteiger partial charge in [0.05, 0.1) is 13.2 Å². The number of aliphatic imine (C=N–C) groups is 1. The van der Waals surface area contributed by atoms with Crippen LogP contribution in [0.2, 0.25) is 0 Å². The molecule has 6 rings (SSSR count). The Morgan fingerprint density at radius 2 is 1.62 bits per heavy atom. The Hall–Kier alpha value is -5.11. The highest BCUT2D eigenvalue weighted by Crippen LogP contribution is 2.43. The molecule has 2 aliphatic rings. The first kappa shape index (κ1) is 29.9. The van der Waals surface area contributed by atoms with Crippen LogP contribution >= 0.6 is 0 Å². The highest BCUT2D eigenvalue weighted by molar-refractivity contribution is 6.01. The molecule has 0 bridgehead atoms. The predicted molar refractivity (Wildman–Crippen MR) is 172 cm³/mol. The summed E-state index contributed by atoms with van der Waals surface area (Å²) in [4.78, 5) is 22.9. The second kappa shape index (κ2) is 13.7. The van der Waals surface area contributed by atoms with Crippen molar-refractivity contribution in [3.8, 4) is 5.75 Å². The van der Waals surface area contributed by atoms with Crippen LogP contribution in [-0.2, 0) is 35.3 Å². The Kier molecular flexibility index (Phi) is 9.10. The minimum Gasteiger partial charge on any atom is -0.494 e. The Balaban J connectivity index is 1.41. The van der Waals surface area contributed by atoms with Crippen LogP contribution < -0.4 is 10.1 Å². The Morgan fingerprint density at radius 3 is 2.31 bits per heavy atom. The maximum absolute atomic E-state index is 14.7. The zero-order chi connectivity index (χ0) is 31.1. The largest absolute Gasteiger partial charge is 0.494 e. The molecule has 4 aromatic carbocycles. The van der Waals surface area contributed by atoms with Crippen LogP contribution in [0.1, 0.15) is 45.9 Å². The normalized spacial score (nSPS) is 18.8. The third-order valence-corrected chi connectivity index (χ3v) is 8.40. The highest BCUT2D eigenvalue weighted by atomic mass is 16.5. The second-order valence-electron chi connectivity index (χ2n) is 11.4. The predicted octanol–water partition coefficient (Wildman–Crippen LogP) is 6.04. The van der Waals surface area contributed by atoms with Crippen LogP contribution in [0.25, 0.3) is 10.4 Å². The van der Waals surface area contributed by atoms with Gasteiger partial charge in [0.2, 0.25) is 5.90 Å². The van der Waals surface area contributed by atoms with Gasteiger partial charge in [0.1, 0.15) is 5.75 Å². The van der Waals surface area contributed by atoms with E-state index in [1.165, 1.54) is 11.1 Å². The van der Waals surface area contributed by atoms with Crippen LogP contribution in [-0.4, -0.2) is 41.7 Å². The number of ether oxygens (including phenoxy) is 2. The number of hydrogen-bond donors (Lipinski definition) is 2. The molecule has 0 aromatic heterocycles. The average molecular weight is 602 g/mol. The Labute approximate surface area is 262 Å². The molecule has 1 aliphatic heterocycles. The van der Waals surface area contributed by atoms with E-state index in [2.05, 4.69) is 27.5 Å². The van der Waals surface area contributed by atoms with E-state index in [0.717, 1.165) is 35.1 Å². The van der Waals surface area contributed by atoms with Crippen molar-refractivity contribution in [2.45, 2.75) is 49.9 Å². The van der Waals surface area contributed by atoms with E-state index in [4.69, 9.17) is 25.1 Å². The lowest BCUT2D eigenvalue weighted by Crippen LogP contribution is -2.53. The molecular weight excluding hydrogens is 566 g/mol. The third-order valence-electron chi connectivity index (χ3n) is 8.40. The summed E-state index contributed by atoms with van der Waals surface area (Å²) in [5, 5.41) is 16.2. The third kappa shape index (κ3) is 6.55. The first-order valence-electron chi connectivity index (χ1n) is 15.2. The van der Waals surface area contributed by atoms with E-state index in [1.807, 2.05) is 91.0 Å². The standard InChI is InChI=1S/C36H35N5O4/c37-41-38-24-30-14-7-6-13-29(30)23-36(35(43)39-31-21-27-11-4-5-12-28(27)22-31)33(25-9-2-1-3-10-25)45-34(40-36)26-15-17-32(18-16-26)44-20-8-19-42/h1-7,9-18,31,33,42H,8,19-24H2,(H,39,43)/t33-,36-/m1/s1. The van der Waals surface area contributed by atoms with Gasteiger partial charge < -0.3 is 19.9 Å². The van der Waals surface area contributed by atoms with Crippen molar-refractivity contribution in [3.63, 3.8) is 0 Å². The number of nitrogens with one attached hydrogen (secondary N) is 1. The monoisotopic (exact) mass is 601 g/mol. The molecule has 0 fully saturated rings. The summed E-state index contributed by atoms with van der Waals surface area (Å²) in [5.74, 6) is 0.817. The number of azide groups is 1. The van der Waals surface area contributed by atoms with E-state index in [0.29, 0.717) is 24.7 Å². The Bertz CT molecular complexity index is 1690. The van der Waals surface area contributed by atoms with Gasteiger partial charge in [0, 0.05) is 36.0 Å². The zero-order valence-electron chi connectivity index (χ0n) is 24.9. The number of amides is 1. The molecule has 0 saturated heterocycles. The van der Waals surface area contributed by atoms with E-state index in [1.54, 1.807) is 0 Å². The van der Waals surface area contributed by atoms with Crippen molar-refractivity contribution in [2.24, 2.45) is 10.1 Å². The average Bonchev–Trinajstić information content (AvgIpc) is 3.67. The van der Waals surface area contributed by atoms with Gasteiger partial charge in [-0.1, -0.05) is 84.0 Å². The van der Waals surface area contributed by atoms with Crippen LogP contribution in [0.5, 0.6) is 5.75 Å². The van der Waals surface area contributed by atoms with Crippen LogP contribution in [0.4, 0.5) is 0 Å². The topological polar surface area (TPSA) is 129 Å². The fraction of sp³-hybridized carbons (Fsp3) is 0.278. The van der Waals surface area contributed by atoms with Crippen LogP contribution in [0.3, 0.4) is 0 Å². The molecule has 9 nitrogen and oxygen atoms in total. The molecule has 9 heteroatoms. The van der Waals surface area contributed by atoms with E-state index >= 15 is 0 Å². The number of fused-ring (bicyclic) bond motifs is 1. The molecule has 1 heterocycles. The van der Waals surface area contributed by atoms with Gasteiger partial charge in [-0.15, -0.1) is 0 Å². The number of aliphatic hydroxyl groups excluding tert-OH is 1. The number of nitrogens with zero attached hydrogens (tertiary/aromatic N) is 4. The van der Waals surface area contributed by atoms with Gasteiger partial charge in [-0.05, 0) is 70.5 Å². The van der Waals surface area contributed by atoms with E-state index in [9.17, 15) is 4.79 Å². The van der Waals surface area contributed by atoms with Gasteiger partial charge in [0.15, 0.2) is 11.6 Å². The smallest absolute Gasteiger partial charge is 0.252 e. The molecule has 2 N–H and O–H groups in total. The maximum atomic E-state index is 14.7. The van der Waals surface area contributed by atoms with Crippen molar-refractivity contribution in [1.29, 1.82) is 0 Å². The SMILES string of the molecule is [N-]=[N+]=NCc1ccccc1C[C@@]1(C(=O)NC2Cc3ccccc3C2)N=C(c2ccc(OCCCO)cc2)O[C@@H]1c1ccccc1. The number of benzene rings is 4. The number of carbonyl (C=O) groups is 1. The number of rotatable bonds is 12. The quantitative estimate of drug-likeness (QED) is 0.0888. The highest BCUT2D eigenvalue weighted by Gasteiger charge is 2.54. The molecule has 0 saturated carbocycles. The van der Waals surface area contributed by atoms with Crippen molar-refractivity contribution in [2.75, 3.05) is 13.2 Å². The van der Waals surface area contributed by atoms with Crippen LogP contribution in [0, 0.1) is 0 Å². The van der Waals surface area contributed by atoms with Crippen molar-refractivity contribution >= 4 is 11.8 Å². The molecule has 2 atom stereocenters. The van der Waals surface area contributed by atoms with E-state index in [-0.39, 0.29) is 31.5 Å². The summed E-state index contributed by atoms with van der Waals surface area (Å²) >= 11 is 0. The van der Waals surface area contributed by atoms with Crippen molar-refractivity contribution in [3.05, 3.63) is 147 Å². The number of aliphatic hydroxyl groups is 1. The molecule has 45 heavy (non-hydrogen) atoms. The first-order chi connectivity index (χ1) is 22.1. The fourth-order valence-electron chi connectivity index (χ4n) is 6.16. The Morgan fingerprint density at radius 1 is 0.956 bits per heavy atom. The van der Waals surface area contributed by atoms with Gasteiger partial charge in [0.25, 0.3) is 5.91 Å². The summed E-state index contributed by atoms with van der Waals surface area (Å²) in [5.41, 5.74) is 13.4. The van der Waals surface area contributed by atoms with Crippen molar-refractivity contribution in [1.82, 2.24) is 5.32 Å². The molecule has 4 aromatic rings. The van der Waals surface area contributed by atoms with E-state index < -0.39 is 11.6 Å². The molecule has 0 radical (unpaired) electrons. The molecule has 1 amide bonds. The second-order valence-corrected chi connectivity index (χ2v) is 11.4. The van der Waals surface area contributed by atoms with Gasteiger partial charge >= 0.3 is 0 Å². The lowest BCUT2D eigenvalue weighted by molar-refractivity contribution is -0.129. The lowest BCUT2D eigenvalue weighted by atomic mass is 9.80. The molecule has 1 aliphatic carbocycles. The summed E-state index contributed by atoms with van der Waals surface area (Å²) in [7, 11) is 0. The summed E-state index contributed by atoms with van der Waals surface area (Å²) < 4.78 is 12.4. The first-order valence-corrected chi connectivity index (χ1v) is 15.2. The summed E-state index contributed by atoms with van der Waals surface area (Å²) in [6, 6.07) is 33.0. The van der Waals surface area contributed by atoms with Gasteiger partial charge in [-0.2, -0.15) is 0 Å². The van der Waals surface area contributed by atoms with Crippen molar-refractivity contribution < 1.29 is 19.4 Å². The lowest BCUT2D eigenvalue weighted by Gasteiger charge is -2.32. The molecule has 0 unspecified atom stereocenters. The zero-order valence-corrected chi connectivity index (χ0v) is 24.9. The summed E-state index contributed by atoms with van der Waals surface area (Å²) in [6.07, 6.45) is 1.56. The molecule has 0 spiro atoms. The minimum atomic E-state index is -1.35. The summed E-state index contributed by atoms with van der Waals surface area (Å²) in [6.45, 7) is 0.632. The number of carbonyl (C=O) groups excluding carboxylic acids is 1. The minimum absolute atomic E-state index is 0.0622. The molecular formula is C36H35N5O4.